The van der Waals surface area contributed by atoms with Gasteiger partial charge in [-0.3, -0.25) is 0 Å². The molecule has 0 aromatic heterocycles. The molecule has 2 N–H and O–H groups in total. The molecular weight excluding hydrogens is 152 g/mol. The van der Waals surface area contributed by atoms with E-state index in [1.165, 1.54) is 0 Å². The summed E-state index contributed by atoms with van der Waals surface area (Å²) in [7, 11) is 0. The molecule has 0 saturated heterocycles. The summed E-state index contributed by atoms with van der Waals surface area (Å²) in [5.41, 5.74) is 0. The van der Waals surface area contributed by atoms with Crippen LogP contribution in [0, 0.1) is 0 Å². The van der Waals surface area contributed by atoms with E-state index in [1.807, 2.05) is 6.92 Å². The molecule has 0 saturated carbocycles. The van der Waals surface area contributed by atoms with Gasteiger partial charge in [0.2, 0.25) is 0 Å². The molecule has 2 atom stereocenters. The lowest BCUT2D eigenvalue weighted by Crippen LogP contribution is -2.17. The monoisotopic (exact) mass is 166 g/mol. The standard InChI is InChI=1S/C7H15ClO2/c1-2-6(9)5-7(10)3-4-8/h6-7,9-10H,2-5H2,1H3. The van der Waals surface area contributed by atoms with Gasteiger partial charge in [-0.25, -0.2) is 0 Å². The van der Waals surface area contributed by atoms with E-state index < -0.39 is 6.10 Å². The second-order valence-electron chi connectivity index (χ2n) is 2.43. The average molecular weight is 167 g/mol. The molecule has 0 aromatic rings. The molecule has 0 fully saturated rings. The van der Waals surface area contributed by atoms with Gasteiger partial charge in [-0.1, -0.05) is 6.92 Å². The molecule has 2 nitrogen and oxygen atoms in total. The van der Waals surface area contributed by atoms with Crippen molar-refractivity contribution < 1.29 is 10.2 Å². The zero-order valence-electron chi connectivity index (χ0n) is 6.26. The normalized spacial score (nSPS) is 16.8. The van der Waals surface area contributed by atoms with Gasteiger partial charge in [0.05, 0.1) is 12.2 Å². The number of halogens is 1. The fourth-order valence-electron chi connectivity index (χ4n) is 0.725. The molecular formula is C7H15ClO2. The zero-order valence-corrected chi connectivity index (χ0v) is 7.01. The maximum absolute atomic E-state index is 9.11. The van der Waals surface area contributed by atoms with Gasteiger partial charge in [0.1, 0.15) is 0 Å². The largest absolute Gasteiger partial charge is 0.393 e. The molecule has 0 aliphatic carbocycles. The summed E-state index contributed by atoms with van der Waals surface area (Å²) >= 11 is 5.38. The van der Waals surface area contributed by atoms with Crippen LogP contribution in [0.4, 0.5) is 0 Å². The molecule has 0 radical (unpaired) electrons. The van der Waals surface area contributed by atoms with E-state index in [0.717, 1.165) is 0 Å². The highest BCUT2D eigenvalue weighted by molar-refractivity contribution is 6.17. The Hall–Kier alpha value is 0.210. The van der Waals surface area contributed by atoms with Crippen LogP contribution in [-0.2, 0) is 0 Å². The molecule has 3 heteroatoms. The Kier molecular flexibility index (Phi) is 6.08. The first kappa shape index (κ1) is 10.2. The minimum atomic E-state index is -0.438. The van der Waals surface area contributed by atoms with Gasteiger partial charge in [0, 0.05) is 5.88 Å². The van der Waals surface area contributed by atoms with Crippen molar-refractivity contribution in [1.82, 2.24) is 0 Å². The van der Waals surface area contributed by atoms with E-state index >= 15 is 0 Å². The molecule has 0 bridgehead atoms. The van der Waals surface area contributed by atoms with Gasteiger partial charge in [0.25, 0.3) is 0 Å². The average Bonchev–Trinajstić information content (AvgIpc) is 1.88. The molecule has 0 aliphatic rings. The van der Waals surface area contributed by atoms with Gasteiger partial charge in [-0.15, -0.1) is 11.6 Å². The van der Waals surface area contributed by atoms with E-state index in [-0.39, 0.29) is 6.10 Å². The summed E-state index contributed by atoms with van der Waals surface area (Å²) in [4.78, 5) is 0. The Morgan fingerprint density at radius 3 is 2.30 bits per heavy atom. The van der Waals surface area contributed by atoms with Gasteiger partial charge >= 0.3 is 0 Å². The summed E-state index contributed by atoms with van der Waals surface area (Å²) in [6.07, 6.45) is 0.895. The number of aliphatic hydroxyl groups excluding tert-OH is 2. The van der Waals surface area contributed by atoms with Gasteiger partial charge in [-0.2, -0.15) is 0 Å². The van der Waals surface area contributed by atoms with Crippen LogP contribution in [0.5, 0.6) is 0 Å². The Labute approximate surface area is 66.8 Å². The van der Waals surface area contributed by atoms with Gasteiger partial charge in [0.15, 0.2) is 0 Å². The van der Waals surface area contributed by atoms with Crippen LogP contribution < -0.4 is 0 Å². The third kappa shape index (κ3) is 5.03. The summed E-state index contributed by atoms with van der Waals surface area (Å²) in [5, 5.41) is 18.2. The summed E-state index contributed by atoms with van der Waals surface area (Å²) in [6, 6.07) is 0. The maximum atomic E-state index is 9.11. The van der Waals surface area contributed by atoms with Crippen LogP contribution in [0.25, 0.3) is 0 Å². The van der Waals surface area contributed by atoms with Crippen LogP contribution in [0.1, 0.15) is 26.2 Å². The first-order valence-corrected chi connectivity index (χ1v) is 4.16. The Bertz CT molecular complexity index is 78.0. The summed E-state index contributed by atoms with van der Waals surface area (Å²) in [6.45, 7) is 1.89. The predicted molar refractivity (Wildman–Crippen MR) is 42.3 cm³/mol. The number of hydrogen-bond acceptors (Lipinski definition) is 2. The lowest BCUT2D eigenvalue weighted by Gasteiger charge is -2.12. The topological polar surface area (TPSA) is 40.5 Å². The van der Waals surface area contributed by atoms with Crippen molar-refractivity contribution in [3.05, 3.63) is 0 Å². The Balaban J connectivity index is 3.27. The second-order valence-corrected chi connectivity index (χ2v) is 2.81. The smallest absolute Gasteiger partial charge is 0.0576 e. The fourth-order valence-corrected chi connectivity index (χ4v) is 0.976. The lowest BCUT2D eigenvalue weighted by atomic mass is 10.1. The quantitative estimate of drug-likeness (QED) is 0.602. The van der Waals surface area contributed by atoms with Crippen molar-refractivity contribution in [3.8, 4) is 0 Å². The van der Waals surface area contributed by atoms with Crippen molar-refractivity contribution in [2.45, 2.75) is 38.4 Å². The lowest BCUT2D eigenvalue weighted by molar-refractivity contribution is 0.0770. The molecule has 62 valence electrons. The molecule has 10 heavy (non-hydrogen) atoms. The third-order valence-corrected chi connectivity index (χ3v) is 1.68. The molecule has 0 aliphatic heterocycles. The van der Waals surface area contributed by atoms with Gasteiger partial charge < -0.3 is 10.2 Å². The minimum Gasteiger partial charge on any atom is -0.393 e. The first-order valence-electron chi connectivity index (χ1n) is 3.62. The minimum absolute atomic E-state index is 0.377. The SMILES string of the molecule is CCC(O)CC(O)CCCl. The van der Waals surface area contributed by atoms with E-state index in [0.29, 0.717) is 25.1 Å². The molecule has 0 amide bonds. The van der Waals surface area contributed by atoms with Crippen molar-refractivity contribution in [3.63, 3.8) is 0 Å². The third-order valence-electron chi connectivity index (χ3n) is 1.46. The summed E-state index contributed by atoms with van der Waals surface area (Å²) in [5.74, 6) is 0.456. The number of alkyl halides is 1. The van der Waals surface area contributed by atoms with E-state index in [2.05, 4.69) is 0 Å². The predicted octanol–water partition coefficient (Wildman–Crippen LogP) is 1.14. The maximum Gasteiger partial charge on any atom is 0.0576 e. The van der Waals surface area contributed by atoms with Crippen molar-refractivity contribution in [2.24, 2.45) is 0 Å². The number of hydrogen-bond donors (Lipinski definition) is 2. The van der Waals surface area contributed by atoms with Gasteiger partial charge in [-0.05, 0) is 19.3 Å². The molecule has 0 aromatic carbocycles. The Morgan fingerprint density at radius 2 is 1.90 bits per heavy atom. The van der Waals surface area contributed by atoms with E-state index in [9.17, 15) is 0 Å². The molecule has 0 spiro atoms. The highest BCUT2D eigenvalue weighted by Crippen LogP contribution is 2.05. The van der Waals surface area contributed by atoms with Crippen LogP contribution in [-0.4, -0.2) is 28.3 Å². The van der Waals surface area contributed by atoms with E-state index in [4.69, 9.17) is 21.8 Å². The van der Waals surface area contributed by atoms with E-state index in [1.54, 1.807) is 0 Å². The van der Waals surface area contributed by atoms with Crippen LogP contribution in [0.15, 0.2) is 0 Å². The molecule has 2 unspecified atom stereocenters. The molecule has 0 rings (SSSR count). The highest BCUT2D eigenvalue weighted by Gasteiger charge is 2.08. The summed E-state index contributed by atoms with van der Waals surface area (Å²) < 4.78 is 0. The number of rotatable bonds is 5. The van der Waals surface area contributed by atoms with Crippen molar-refractivity contribution >= 4 is 11.6 Å². The number of aliphatic hydroxyl groups is 2. The molecule has 0 heterocycles. The van der Waals surface area contributed by atoms with Crippen LogP contribution in [0.2, 0.25) is 0 Å². The first-order chi connectivity index (χ1) is 4.70. The Morgan fingerprint density at radius 1 is 1.30 bits per heavy atom. The highest BCUT2D eigenvalue weighted by atomic mass is 35.5. The van der Waals surface area contributed by atoms with Crippen LogP contribution in [0.3, 0.4) is 0 Å². The second kappa shape index (κ2) is 5.96. The fraction of sp³-hybridized carbons (Fsp3) is 1.00. The van der Waals surface area contributed by atoms with Crippen molar-refractivity contribution in [1.29, 1.82) is 0 Å². The van der Waals surface area contributed by atoms with Crippen LogP contribution >= 0.6 is 11.6 Å². The zero-order chi connectivity index (χ0) is 7.98. The van der Waals surface area contributed by atoms with Crippen molar-refractivity contribution in [2.75, 3.05) is 5.88 Å².